The first kappa shape index (κ1) is 15.6. The van der Waals surface area contributed by atoms with E-state index < -0.39 is 5.54 Å². The summed E-state index contributed by atoms with van der Waals surface area (Å²) in [5.74, 6) is 1.45. The molecule has 21 heavy (non-hydrogen) atoms. The molecule has 1 aromatic carbocycles. The van der Waals surface area contributed by atoms with Crippen molar-refractivity contribution in [3.05, 3.63) is 23.8 Å². The molecule has 2 N–H and O–H groups in total. The number of methoxy groups -OCH3 is 2. The number of benzene rings is 1. The number of hydrogen-bond donors (Lipinski definition) is 2. The smallest absolute Gasteiger partial charge is 0.240 e. The third-order valence-corrected chi connectivity index (χ3v) is 4.18. The van der Waals surface area contributed by atoms with E-state index in [1.54, 1.807) is 14.2 Å². The SMILES string of the molecule is CCC1(C(=O)NCc2ccc(OC)c(OC)c2)CCCN1. The second-order valence-corrected chi connectivity index (χ2v) is 5.34. The Morgan fingerprint density at radius 2 is 2.10 bits per heavy atom. The van der Waals surface area contributed by atoms with E-state index in [9.17, 15) is 4.79 Å². The van der Waals surface area contributed by atoms with Crippen LogP contribution in [0.25, 0.3) is 0 Å². The zero-order chi connectivity index (χ0) is 15.3. The van der Waals surface area contributed by atoms with Gasteiger partial charge in [0.25, 0.3) is 0 Å². The summed E-state index contributed by atoms with van der Waals surface area (Å²) in [6, 6.07) is 5.67. The molecule has 5 nitrogen and oxygen atoms in total. The van der Waals surface area contributed by atoms with Crippen molar-refractivity contribution in [2.75, 3.05) is 20.8 Å². The van der Waals surface area contributed by atoms with Crippen molar-refractivity contribution in [3.8, 4) is 11.5 Å². The maximum absolute atomic E-state index is 12.4. The predicted octanol–water partition coefficient (Wildman–Crippen LogP) is 1.85. The molecule has 0 bridgehead atoms. The van der Waals surface area contributed by atoms with E-state index in [1.165, 1.54) is 0 Å². The minimum absolute atomic E-state index is 0.0808. The third kappa shape index (κ3) is 3.29. The first-order valence-corrected chi connectivity index (χ1v) is 7.39. The average Bonchev–Trinajstić information content (AvgIpc) is 3.02. The molecule has 1 aromatic rings. The average molecular weight is 292 g/mol. The molecule has 0 aliphatic carbocycles. The first-order chi connectivity index (χ1) is 10.1. The molecule has 1 saturated heterocycles. The monoisotopic (exact) mass is 292 g/mol. The Morgan fingerprint density at radius 1 is 1.33 bits per heavy atom. The molecular weight excluding hydrogens is 268 g/mol. The molecule has 1 heterocycles. The second kappa shape index (κ2) is 6.80. The molecule has 1 unspecified atom stereocenters. The van der Waals surface area contributed by atoms with Crippen LogP contribution in [0, 0.1) is 0 Å². The summed E-state index contributed by atoms with van der Waals surface area (Å²) in [6.07, 6.45) is 2.77. The van der Waals surface area contributed by atoms with Crippen molar-refractivity contribution in [1.29, 1.82) is 0 Å². The molecule has 0 saturated carbocycles. The van der Waals surface area contributed by atoms with Gasteiger partial charge >= 0.3 is 0 Å². The first-order valence-electron chi connectivity index (χ1n) is 7.39. The third-order valence-electron chi connectivity index (χ3n) is 4.18. The minimum atomic E-state index is -0.392. The van der Waals surface area contributed by atoms with E-state index in [2.05, 4.69) is 10.6 Å². The van der Waals surface area contributed by atoms with Gasteiger partial charge in [-0.1, -0.05) is 13.0 Å². The predicted molar refractivity (Wildman–Crippen MR) is 81.7 cm³/mol. The van der Waals surface area contributed by atoms with Crippen LogP contribution >= 0.6 is 0 Å². The highest BCUT2D eigenvalue weighted by atomic mass is 16.5. The Kier molecular flexibility index (Phi) is 5.07. The largest absolute Gasteiger partial charge is 0.493 e. The Morgan fingerprint density at radius 3 is 2.67 bits per heavy atom. The number of rotatable bonds is 6. The van der Waals surface area contributed by atoms with Crippen LogP contribution < -0.4 is 20.1 Å². The van der Waals surface area contributed by atoms with Gasteiger partial charge in [0.1, 0.15) is 0 Å². The topological polar surface area (TPSA) is 59.6 Å². The fourth-order valence-corrected chi connectivity index (χ4v) is 2.80. The molecule has 5 heteroatoms. The van der Waals surface area contributed by atoms with Crippen molar-refractivity contribution in [2.24, 2.45) is 0 Å². The lowest BCUT2D eigenvalue weighted by Crippen LogP contribution is -2.52. The standard InChI is InChI=1S/C16H24N2O3/c1-4-16(8-5-9-18-16)15(19)17-11-12-6-7-13(20-2)14(10-12)21-3/h6-7,10,18H,4-5,8-9,11H2,1-3H3,(H,17,19). The quantitative estimate of drug-likeness (QED) is 0.840. The van der Waals surface area contributed by atoms with Crippen LogP contribution in [-0.4, -0.2) is 32.2 Å². The van der Waals surface area contributed by atoms with Gasteiger partial charge in [0.2, 0.25) is 5.91 Å². The molecule has 1 aliphatic heterocycles. The molecule has 1 amide bonds. The molecule has 116 valence electrons. The summed E-state index contributed by atoms with van der Waals surface area (Å²) in [7, 11) is 3.21. The van der Waals surface area contributed by atoms with Crippen LogP contribution in [0.4, 0.5) is 0 Å². The number of hydrogen-bond acceptors (Lipinski definition) is 4. The highest BCUT2D eigenvalue weighted by molar-refractivity contribution is 5.86. The van der Waals surface area contributed by atoms with Gasteiger partial charge in [0.05, 0.1) is 19.8 Å². The lowest BCUT2D eigenvalue weighted by atomic mass is 9.93. The fourth-order valence-electron chi connectivity index (χ4n) is 2.80. The number of amides is 1. The summed E-state index contributed by atoms with van der Waals surface area (Å²) >= 11 is 0. The van der Waals surface area contributed by atoms with Gasteiger partial charge in [-0.3, -0.25) is 4.79 Å². The van der Waals surface area contributed by atoms with Crippen molar-refractivity contribution < 1.29 is 14.3 Å². The van der Waals surface area contributed by atoms with Gasteiger partial charge < -0.3 is 20.1 Å². The number of carbonyl (C=O) groups excluding carboxylic acids is 1. The number of carbonyl (C=O) groups is 1. The molecule has 1 fully saturated rings. The van der Waals surface area contributed by atoms with E-state index in [4.69, 9.17) is 9.47 Å². The molecule has 0 radical (unpaired) electrons. The summed E-state index contributed by atoms with van der Waals surface area (Å²) in [6.45, 7) is 3.45. The Labute approximate surface area is 126 Å². The molecule has 0 aromatic heterocycles. The maximum Gasteiger partial charge on any atom is 0.240 e. The van der Waals surface area contributed by atoms with Crippen LogP contribution in [0.1, 0.15) is 31.7 Å². The van der Waals surface area contributed by atoms with Gasteiger partial charge in [-0.05, 0) is 43.5 Å². The zero-order valence-corrected chi connectivity index (χ0v) is 13.0. The van der Waals surface area contributed by atoms with Crippen LogP contribution in [0.5, 0.6) is 11.5 Å². The zero-order valence-electron chi connectivity index (χ0n) is 13.0. The highest BCUT2D eigenvalue weighted by Crippen LogP contribution is 2.28. The van der Waals surface area contributed by atoms with Crippen LogP contribution in [0.3, 0.4) is 0 Å². The van der Waals surface area contributed by atoms with Crippen LogP contribution in [-0.2, 0) is 11.3 Å². The molecule has 0 spiro atoms. The molecule has 1 atom stereocenters. The maximum atomic E-state index is 12.4. The molecular formula is C16H24N2O3. The van der Waals surface area contributed by atoms with Gasteiger partial charge in [-0.2, -0.15) is 0 Å². The molecule has 1 aliphatic rings. The molecule has 2 rings (SSSR count). The van der Waals surface area contributed by atoms with Gasteiger partial charge in [0, 0.05) is 6.54 Å². The van der Waals surface area contributed by atoms with Crippen molar-refractivity contribution in [3.63, 3.8) is 0 Å². The minimum Gasteiger partial charge on any atom is -0.493 e. The number of ether oxygens (including phenoxy) is 2. The van der Waals surface area contributed by atoms with Gasteiger partial charge in [-0.15, -0.1) is 0 Å². The summed E-state index contributed by atoms with van der Waals surface area (Å²) in [5.41, 5.74) is 0.599. The fraction of sp³-hybridized carbons (Fsp3) is 0.562. The highest BCUT2D eigenvalue weighted by Gasteiger charge is 2.38. The Bertz CT molecular complexity index is 496. The Balaban J connectivity index is 2.01. The van der Waals surface area contributed by atoms with Crippen LogP contribution in [0.2, 0.25) is 0 Å². The Hall–Kier alpha value is -1.75. The summed E-state index contributed by atoms with van der Waals surface area (Å²) < 4.78 is 10.5. The van der Waals surface area contributed by atoms with E-state index in [0.29, 0.717) is 18.0 Å². The van der Waals surface area contributed by atoms with E-state index >= 15 is 0 Å². The second-order valence-electron chi connectivity index (χ2n) is 5.34. The van der Waals surface area contributed by atoms with Gasteiger partial charge in [0.15, 0.2) is 11.5 Å². The van der Waals surface area contributed by atoms with Crippen molar-refractivity contribution in [2.45, 2.75) is 38.3 Å². The van der Waals surface area contributed by atoms with E-state index in [-0.39, 0.29) is 5.91 Å². The van der Waals surface area contributed by atoms with Crippen molar-refractivity contribution in [1.82, 2.24) is 10.6 Å². The lowest BCUT2D eigenvalue weighted by molar-refractivity contribution is -0.127. The van der Waals surface area contributed by atoms with E-state index in [0.717, 1.165) is 31.4 Å². The summed E-state index contributed by atoms with van der Waals surface area (Å²) in [4.78, 5) is 12.4. The van der Waals surface area contributed by atoms with Crippen LogP contribution in [0.15, 0.2) is 18.2 Å². The van der Waals surface area contributed by atoms with Gasteiger partial charge in [-0.25, -0.2) is 0 Å². The van der Waals surface area contributed by atoms with E-state index in [1.807, 2.05) is 25.1 Å². The summed E-state index contributed by atoms with van der Waals surface area (Å²) in [5, 5.41) is 6.36. The normalized spacial score (nSPS) is 21.1. The van der Waals surface area contributed by atoms with Crippen molar-refractivity contribution >= 4 is 5.91 Å². The number of nitrogens with one attached hydrogen (secondary N) is 2. The lowest BCUT2D eigenvalue weighted by Gasteiger charge is -2.26.